The van der Waals surface area contributed by atoms with Gasteiger partial charge < -0.3 is 5.32 Å². The van der Waals surface area contributed by atoms with E-state index < -0.39 is 0 Å². The molecule has 1 amide bonds. The maximum absolute atomic E-state index is 13.0. The van der Waals surface area contributed by atoms with Crippen molar-refractivity contribution in [2.24, 2.45) is 7.05 Å². The Hall–Kier alpha value is -3.48. The molecule has 1 aliphatic carbocycles. The van der Waals surface area contributed by atoms with Gasteiger partial charge in [0.1, 0.15) is 0 Å². The molecule has 1 aliphatic rings. The molecule has 0 radical (unpaired) electrons. The summed E-state index contributed by atoms with van der Waals surface area (Å²) < 4.78 is 3.80. The van der Waals surface area contributed by atoms with Crippen LogP contribution in [-0.2, 0) is 20.0 Å². The molecule has 3 heterocycles. The van der Waals surface area contributed by atoms with E-state index in [0.717, 1.165) is 48.1 Å². The van der Waals surface area contributed by atoms with Crippen molar-refractivity contribution in [2.45, 2.75) is 38.8 Å². The molecular formula is C23H24N6O. The van der Waals surface area contributed by atoms with Crippen molar-refractivity contribution in [3.05, 3.63) is 76.9 Å². The van der Waals surface area contributed by atoms with Crippen LogP contribution < -0.4 is 5.32 Å². The number of pyridine rings is 1. The summed E-state index contributed by atoms with van der Waals surface area (Å²) in [6.07, 6.45) is 6.46. The molecule has 0 bridgehead atoms. The van der Waals surface area contributed by atoms with Crippen molar-refractivity contribution < 1.29 is 4.79 Å². The molecule has 0 saturated carbocycles. The number of benzene rings is 1. The third kappa shape index (κ3) is 3.26. The van der Waals surface area contributed by atoms with Crippen molar-refractivity contribution in [1.29, 1.82) is 0 Å². The number of carbonyl (C=O) groups excluding carboxylic acids is 1. The van der Waals surface area contributed by atoms with Gasteiger partial charge in [-0.25, -0.2) is 4.98 Å². The molecule has 0 saturated heterocycles. The van der Waals surface area contributed by atoms with Crippen LogP contribution in [-0.4, -0.2) is 30.5 Å². The van der Waals surface area contributed by atoms with Crippen LogP contribution >= 0.6 is 0 Å². The second-order valence-corrected chi connectivity index (χ2v) is 7.91. The Morgan fingerprint density at radius 2 is 2.07 bits per heavy atom. The average molecular weight is 400 g/mol. The summed E-state index contributed by atoms with van der Waals surface area (Å²) in [4.78, 5) is 17.4. The molecule has 3 aromatic heterocycles. The summed E-state index contributed by atoms with van der Waals surface area (Å²) in [6, 6.07) is 12.2. The fourth-order valence-corrected chi connectivity index (χ4v) is 4.33. The van der Waals surface area contributed by atoms with E-state index in [0.29, 0.717) is 5.56 Å². The lowest BCUT2D eigenvalue weighted by Crippen LogP contribution is -2.31. The van der Waals surface area contributed by atoms with Gasteiger partial charge in [0, 0.05) is 29.9 Å². The summed E-state index contributed by atoms with van der Waals surface area (Å²) in [5.41, 5.74) is 5.77. The second kappa shape index (κ2) is 7.40. The van der Waals surface area contributed by atoms with Crippen molar-refractivity contribution in [3.63, 3.8) is 0 Å². The van der Waals surface area contributed by atoms with Crippen molar-refractivity contribution in [2.75, 3.05) is 0 Å². The van der Waals surface area contributed by atoms with E-state index in [1.54, 1.807) is 10.9 Å². The van der Waals surface area contributed by atoms with E-state index in [-0.39, 0.29) is 11.9 Å². The number of aryl methyl sites for hydroxylation is 2. The minimum absolute atomic E-state index is 0.0311. The Balaban J connectivity index is 1.38. The average Bonchev–Trinajstić information content (AvgIpc) is 3.30. The quantitative estimate of drug-likeness (QED) is 0.570. The fraction of sp³-hybridized carbons (Fsp3) is 0.304. The molecule has 7 heteroatoms. The normalized spacial score (nSPS) is 15.9. The van der Waals surface area contributed by atoms with E-state index >= 15 is 0 Å². The van der Waals surface area contributed by atoms with Crippen LogP contribution in [0.5, 0.6) is 0 Å². The highest BCUT2D eigenvalue weighted by Gasteiger charge is 2.26. The summed E-state index contributed by atoms with van der Waals surface area (Å²) in [6.45, 7) is 2.68. The number of hydrogen-bond acceptors (Lipinski definition) is 4. The fourth-order valence-electron chi connectivity index (χ4n) is 4.33. The van der Waals surface area contributed by atoms with Gasteiger partial charge in [-0.2, -0.15) is 10.2 Å². The van der Waals surface area contributed by atoms with Crippen molar-refractivity contribution in [1.82, 2.24) is 29.9 Å². The molecular weight excluding hydrogens is 376 g/mol. The van der Waals surface area contributed by atoms with Crippen LogP contribution in [0.15, 0.2) is 48.8 Å². The lowest BCUT2D eigenvalue weighted by Gasteiger charge is -2.24. The van der Waals surface area contributed by atoms with Crippen LogP contribution in [0.3, 0.4) is 0 Å². The number of fused-ring (bicyclic) bond motifs is 2. The minimum atomic E-state index is -0.110. The van der Waals surface area contributed by atoms with Crippen LogP contribution in [0.4, 0.5) is 0 Å². The largest absolute Gasteiger partial charge is 0.345 e. The zero-order chi connectivity index (χ0) is 20.7. The number of aromatic nitrogens is 5. The second-order valence-electron chi connectivity index (χ2n) is 7.91. The van der Waals surface area contributed by atoms with Gasteiger partial charge in [-0.05, 0) is 37.8 Å². The predicted molar refractivity (Wildman–Crippen MR) is 114 cm³/mol. The summed E-state index contributed by atoms with van der Waals surface area (Å²) in [5, 5.41) is 13.1. The Labute approximate surface area is 174 Å². The van der Waals surface area contributed by atoms with Gasteiger partial charge in [0.25, 0.3) is 5.91 Å². The molecule has 0 fully saturated rings. The highest BCUT2D eigenvalue weighted by Crippen LogP contribution is 2.30. The molecule has 30 heavy (non-hydrogen) atoms. The maximum Gasteiger partial charge on any atom is 0.253 e. The van der Waals surface area contributed by atoms with E-state index in [1.165, 1.54) is 11.3 Å². The Morgan fingerprint density at radius 3 is 2.90 bits per heavy atom. The first-order chi connectivity index (χ1) is 14.6. The molecule has 1 N–H and O–H groups in total. The van der Waals surface area contributed by atoms with Crippen molar-refractivity contribution >= 4 is 16.9 Å². The van der Waals surface area contributed by atoms with Crippen molar-refractivity contribution in [3.8, 4) is 0 Å². The number of nitrogens with one attached hydrogen (secondary N) is 1. The standard InChI is InChI=1S/C23H24N6O/c1-15-18-11-17(12-24-22(18)28(2)27-15)23(30)26-20-9-6-10-21-19(20)13-25-29(21)14-16-7-4-3-5-8-16/h3-5,7-8,11-13,20H,6,9-10,14H2,1-2H3,(H,26,30). The monoisotopic (exact) mass is 400 g/mol. The lowest BCUT2D eigenvalue weighted by molar-refractivity contribution is 0.0932. The molecule has 0 aliphatic heterocycles. The highest BCUT2D eigenvalue weighted by atomic mass is 16.1. The molecule has 152 valence electrons. The summed E-state index contributed by atoms with van der Waals surface area (Å²) in [7, 11) is 1.86. The zero-order valence-electron chi connectivity index (χ0n) is 17.2. The van der Waals surface area contributed by atoms with Crippen LogP contribution in [0.1, 0.15) is 51.8 Å². The van der Waals surface area contributed by atoms with Gasteiger partial charge in [0.15, 0.2) is 5.65 Å². The molecule has 1 unspecified atom stereocenters. The molecule has 1 atom stereocenters. The summed E-state index contributed by atoms with van der Waals surface area (Å²) in [5.74, 6) is -0.110. The SMILES string of the molecule is Cc1nn(C)c2ncc(C(=O)NC3CCCc4c3cnn4Cc3ccccc3)cc12. The van der Waals surface area contributed by atoms with Gasteiger partial charge in [-0.1, -0.05) is 30.3 Å². The van der Waals surface area contributed by atoms with Gasteiger partial charge in [0.05, 0.1) is 30.0 Å². The van der Waals surface area contributed by atoms with E-state index in [9.17, 15) is 4.79 Å². The Bertz CT molecular complexity index is 1220. The molecule has 7 nitrogen and oxygen atoms in total. The van der Waals surface area contributed by atoms with Gasteiger partial charge in [0.2, 0.25) is 0 Å². The first-order valence-electron chi connectivity index (χ1n) is 10.3. The molecule has 4 aromatic rings. The van der Waals surface area contributed by atoms with E-state index in [1.807, 2.05) is 44.4 Å². The van der Waals surface area contributed by atoms with Gasteiger partial charge in [-0.3, -0.25) is 14.2 Å². The number of hydrogen-bond donors (Lipinski definition) is 1. The van der Waals surface area contributed by atoms with E-state index in [4.69, 9.17) is 0 Å². The zero-order valence-corrected chi connectivity index (χ0v) is 17.2. The number of amides is 1. The summed E-state index contributed by atoms with van der Waals surface area (Å²) >= 11 is 0. The minimum Gasteiger partial charge on any atom is -0.345 e. The number of nitrogens with zero attached hydrogens (tertiary/aromatic N) is 5. The Morgan fingerprint density at radius 1 is 1.23 bits per heavy atom. The Kier molecular flexibility index (Phi) is 4.58. The maximum atomic E-state index is 13.0. The van der Waals surface area contributed by atoms with E-state index in [2.05, 4.69) is 37.3 Å². The van der Waals surface area contributed by atoms with Crippen LogP contribution in [0.25, 0.3) is 11.0 Å². The van der Waals surface area contributed by atoms with Crippen LogP contribution in [0.2, 0.25) is 0 Å². The predicted octanol–water partition coefficient (Wildman–Crippen LogP) is 3.33. The number of carbonyl (C=O) groups is 1. The van der Waals surface area contributed by atoms with Gasteiger partial charge >= 0.3 is 0 Å². The first kappa shape index (κ1) is 18.5. The third-order valence-corrected chi connectivity index (χ3v) is 5.87. The molecule has 0 spiro atoms. The third-order valence-electron chi connectivity index (χ3n) is 5.87. The van der Waals surface area contributed by atoms with Gasteiger partial charge in [-0.15, -0.1) is 0 Å². The topological polar surface area (TPSA) is 77.6 Å². The van der Waals surface area contributed by atoms with Crippen LogP contribution in [0, 0.1) is 6.92 Å². The molecule has 5 rings (SSSR count). The first-order valence-corrected chi connectivity index (χ1v) is 10.3. The molecule has 1 aromatic carbocycles. The highest BCUT2D eigenvalue weighted by molar-refractivity contribution is 5.97. The lowest BCUT2D eigenvalue weighted by atomic mass is 9.92. The number of rotatable bonds is 4. The smallest absolute Gasteiger partial charge is 0.253 e.